The number of carboxylic acid groups (broad SMARTS) is 1. The van der Waals surface area contributed by atoms with Crippen LogP contribution >= 0.6 is 0 Å². The van der Waals surface area contributed by atoms with Gasteiger partial charge in [0.05, 0.1) is 6.42 Å². The van der Waals surface area contributed by atoms with Crippen LogP contribution in [0.25, 0.3) is 0 Å². The highest BCUT2D eigenvalue weighted by atomic mass is 32.2. The quantitative estimate of drug-likeness (QED) is 0.765. The zero-order valence-corrected chi connectivity index (χ0v) is 9.50. The fraction of sp³-hybridized carbons (Fsp3) is 0.364. The molecule has 2 unspecified atom stereocenters. The van der Waals surface area contributed by atoms with Crippen LogP contribution < -0.4 is 5.73 Å². The molecule has 0 fully saturated rings. The van der Waals surface area contributed by atoms with E-state index in [1.807, 2.05) is 6.07 Å². The van der Waals surface area contributed by atoms with E-state index in [0.29, 0.717) is 5.75 Å². The number of rotatable bonds is 3. The third-order valence-electron chi connectivity index (χ3n) is 2.71. The van der Waals surface area contributed by atoms with Gasteiger partial charge in [0.1, 0.15) is 5.75 Å². The van der Waals surface area contributed by atoms with Crippen molar-refractivity contribution in [3.05, 3.63) is 29.3 Å². The smallest absolute Gasteiger partial charge is 0.305 e. The van der Waals surface area contributed by atoms with E-state index < -0.39 is 23.2 Å². The molecule has 0 aromatic heterocycles. The first-order valence-corrected chi connectivity index (χ1v) is 6.38. The lowest BCUT2D eigenvalue weighted by atomic mass is 10.0. The average Bonchev–Trinajstić information content (AvgIpc) is 2.59. The highest BCUT2D eigenvalue weighted by molar-refractivity contribution is 7.91. The summed E-state index contributed by atoms with van der Waals surface area (Å²) in [6, 6.07) is 4.97. The zero-order chi connectivity index (χ0) is 11.7. The third kappa shape index (κ3) is 2.21. The Labute approximate surface area is 96.6 Å². The summed E-state index contributed by atoms with van der Waals surface area (Å²) in [5, 5.41) is 8.65. The molecule has 1 heterocycles. The molecule has 0 radical (unpaired) electrons. The molecule has 3 N–H and O–H groups in total. The molecule has 4 nitrogen and oxygen atoms in total. The maximum Gasteiger partial charge on any atom is 0.305 e. The van der Waals surface area contributed by atoms with E-state index in [-0.39, 0.29) is 6.42 Å². The van der Waals surface area contributed by atoms with Gasteiger partial charge in [-0.2, -0.15) is 0 Å². The van der Waals surface area contributed by atoms with Crippen molar-refractivity contribution in [2.75, 3.05) is 5.75 Å². The molecule has 86 valence electrons. The van der Waals surface area contributed by atoms with Crippen molar-refractivity contribution in [2.24, 2.45) is 5.73 Å². The Morgan fingerprint density at radius 2 is 2.38 bits per heavy atom. The minimum Gasteiger partial charge on any atom is -0.611 e. The Hall–Kier alpha value is -1.04. The van der Waals surface area contributed by atoms with E-state index in [0.717, 1.165) is 22.4 Å². The molecule has 5 heteroatoms. The van der Waals surface area contributed by atoms with Crippen molar-refractivity contribution in [2.45, 2.75) is 23.8 Å². The average molecular weight is 239 g/mol. The zero-order valence-electron chi connectivity index (χ0n) is 8.68. The largest absolute Gasteiger partial charge is 0.611 e. The maximum atomic E-state index is 11.5. The number of nitrogens with two attached hydrogens (primary N) is 1. The van der Waals surface area contributed by atoms with Crippen molar-refractivity contribution in [3.63, 3.8) is 0 Å². The number of hydrogen-bond acceptors (Lipinski definition) is 3. The van der Waals surface area contributed by atoms with E-state index in [9.17, 15) is 9.35 Å². The normalized spacial score (nSPS) is 20.5. The maximum absolute atomic E-state index is 11.5. The second-order valence-electron chi connectivity index (χ2n) is 3.87. The first-order chi connectivity index (χ1) is 7.58. The van der Waals surface area contributed by atoms with Crippen LogP contribution in [0.5, 0.6) is 0 Å². The number of fused-ring (bicyclic) bond motifs is 1. The van der Waals surface area contributed by atoms with Crippen LogP contribution in [0.2, 0.25) is 0 Å². The SMILES string of the molecule is NC(CC(=O)O)c1ccc2c(c1)CC[S+]2[O-]. The van der Waals surface area contributed by atoms with Crippen molar-refractivity contribution in [3.8, 4) is 0 Å². The Kier molecular flexibility index (Phi) is 3.18. The number of benzene rings is 1. The Morgan fingerprint density at radius 1 is 1.62 bits per heavy atom. The van der Waals surface area contributed by atoms with Crippen LogP contribution in [0.4, 0.5) is 0 Å². The van der Waals surface area contributed by atoms with Gasteiger partial charge in [0, 0.05) is 18.0 Å². The summed E-state index contributed by atoms with van der Waals surface area (Å²) in [6.07, 6.45) is 0.706. The summed E-state index contributed by atoms with van der Waals surface area (Å²) in [5.41, 5.74) is 7.61. The van der Waals surface area contributed by atoms with E-state index in [1.165, 1.54) is 0 Å². The molecule has 0 bridgehead atoms. The van der Waals surface area contributed by atoms with Gasteiger partial charge < -0.3 is 15.4 Å². The molecule has 1 aliphatic heterocycles. The van der Waals surface area contributed by atoms with Gasteiger partial charge in [0.25, 0.3) is 0 Å². The van der Waals surface area contributed by atoms with Gasteiger partial charge in [-0.15, -0.1) is 0 Å². The lowest BCUT2D eigenvalue weighted by Crippen LogP contribution is -2.15. The summed E-state index contributed by atoms with van der Waals surface area (Å²) in [4.78, 5) is 11.4. The molecule has 1 aromatic carbocycles. The van der Waals surface area contributed by atoms with E-state index in [1.54, 1.807) is 12.1 Å². The standard InChI is InChI=1S/C11H13NO3S/c12-9(6-11(13)14)7-1-2-10-8(5-7)3-4-16(10)15/h1-2,5,9H,3-4,6,12H2,(H,13,14). The Balaban J connectivity index is 2.21. The van der Waals surface area contributed by atoms with Gasteiger partial charge in [0.15, 0.2) is 4.90 Å². The molecule has 2 rings (SSSR count). The molecule has 1 aliphatic rings. The monoisotopic (exact) mass is 239 g/mol. The summed E-state index contributed by atoms with van der Waals surface area (Å²) >= 11 is -0.887. The molecule has 0 aliphatic carbocycles. The first kappa shape index (κ1) is 11.4. The van der Waals surface area contributed by atoms with Crippen LogP contribution in [0, 0.1) is 0 Å². The highest BCUT2D eigenvalue weighted by Gasteiger charge is 2.25. The fourth-order valence-corrected chi connectivity index (χ4v) is 3.16. The minimum absolute atomic E-state index is 0.0815. The first-order valence-electron chi connectivity index (χ1n) is 5.06. The molecular formula is C11H13NO3S. The lowest BCUT2D eigenvalue weighted by molar-refractivity contribution is -0.137. The van der Waals surface area contributed by atoms with Crippen LogP contribution in [-0.4, -0.2) is 21.4 Å². The molecular weight excluding hydrogens is 226 g/mol. The summed E-state index contributed by atoms with van der Waals surface area (Å²) in [5.74, 6) is -0.246. The van der Waals surface area contributed by atoms with Crippen LogP contribution in [0.1, 0.15) is 23.6 Å². The van der Waals surface area contributed by atoms with E-state index in [2.05, 4.69) is 0 Å². The number of aryl methyl sites for hydroxylation is 1. The van der Waals surface area contributed by atoms with Crippen LogP contribution in [-0.2, 0) is 22.4 Å². The summed E-state index contributed by atoms with van der Waals surface area (Å²) < 4.78 is 11.5. The van der Waals surface area contributed by atoms with Gasteiger partial charge in [-0.05, 0) is 28.9 Å². The van der Waals surface area contributed by atoms with Crippen LogP contribution in [0.15, 0.2) is 23.1 Å². The summed E-state index contributed by atoms with van der Waals surface area (Å²) in [7, 11) is 0. The Morgan fingerprint density at radius 3 is 3.06 bits per heavy atom. The highest BCUT2D eigenvalue weighted by Crippen LogP contribution is 2.28. The van der Waals surface area contributed by atoms with E-state index >= 15 is 0 Å². The van der Waals surface area contributed by atoms with Crippen molar-refractivity contribution in [1.82, 2.24) is 0 Å². The van der Waals surface area contributed by atoms with Gasteiger partial charge in [-0.1, -0.05) is 6.07 Å². The Bertz CT molecular complexity index is 422. The minimum atomic E-state index is -0.906. The van der Waals surface area contributed by atoms with Gasteiger partial charge in [0.2, 0.25) is 0 Å². The number of carbonyl (C=O) groups is 1. The molecule has 0 amide bonds. The molecule has 1 aromatic rings. The molecule has 0 saturated heterocycles. The molecule has 16 heavy (non-hydrogen) atoms. The van der Waals surface area contributed by atoms with Crippen molar-refractivity contribution < 1.29 is 14.5 Å². The molecule has 2 atom stereocenters. The predicted octanol–water partition coefficient (Wildman–Crippen LogP) is 0.825. The fourth-order valence-electron chi connectivity index (χ4n) is 1.87. The number of hydrogen-bond donors (Lipinski definition) is 2. The van der Waals surface area contributed by atoms with Gasteiger partial charge in [-0.25, -0.2) is 0 Å². The number of carboxylic acids is 1. The lowest BCUT2D eigenvalue weighted by Gasteiger charge is -2.10. The second-order valence-corrected chi connectivity index (χ2v) is 5.41. The number of aliphatic carboxylic acids is 1. The van der Waals surface area contributed by atoms with Crippen LogP contribution in [0.3, 0.4) is 0 Å². The topological polar surface area (TPSA) is 86.4 Å². The van der Waals surface area contributed by atoms with Crippen molar-refractivity contribution in [1.29, 1.82) is 0 Å². The molecule has 0 saturated carbocycles. The predicted molar refractivity (Wildman–Crippen MR) is 60.6 cm³/mol. The second kappa shape index (κ2) is 4.45. The van der Waals surface area contributed by atoms with E-state index in [4.69, 9.17) is 10.8 Å². The summed E-state index contributed by atoms with van der Waals surface area (Å²) in [6.45, 7) is 0. The van der Waals surface area contributed by atoms with Gasteiger partial charge >= 0.3 is 5.97 Å². The van der Waals surface area contributed by atoms with Crippen molar-refractivity contribution >= 4 is 17.1 Å². The third-order valence-corrected chi connectivity index (χ3v) is 4.17. The molecule has 0 spiro atoms. The van der Waals surface area contributed by atoms with Gasteiger partial charge in [-0.3, -0.25) is 4.79 Å².